The average Bonchev–Trinajstić information content (AvgIpc) is 4.20. The second-order valence-corrected chi connectivity index (χ2v) is 19.6. The maximum Gasteiger partial charge on any atom is 0.0714 e. The largest absolute Gasteiger partial charge is 0.310 e. The molecule has 12 aromatic carbocycles. The van der Waals surface area contributed by atoms with Gasteiger partial charge in [-0.25, -0.2) is 0 Å². The molecule has 76 heavy (non-hydrogen) atoms. The molecule has 358 valence electrons. The molecule has 1 aliphatic rings. The lowest BCUT2D eigenvalue weighted by atomic mass is 9.67. The highest BCUT2D eigenvalue weighted by Gasteiger charge is 2.46. The summed E-state index contributed by atoms with van der Waals surface area (Å²) in [5, 5.41) is 2.34. The molecule has 0 unspecified atom stereocenters. The van der Waals surface area contributed by atoms with E-state index in [-0.39, 0.29) is 0 Å². The van der Waals surface area contributed by atoms with E-state index >= 15 is 0 Å². The molecule has 0 atom stereocenters. The highest BCUT2D eigenvalue weighted by Crippen LogP contribution is 2.58. The molecule has 1 aliphatic carbocycles. The highest BCUT2D eigenvalue weighted by atomic mass is 15.2. The number of hydrogen-bond donors (Lipinski definition) is 0. The van der Waals surface area contributed by atoms with Crippen molar-refractivity contribution < 1.29 is 0 Å². The molecule has 0 spiro atoms. The Labute approximate surface area is 444 Å². The van der Waals surface area contributed by atoms with Gasteiger partial charge < -0.3 is 14.4 Å². The van der Waals surface area contributed by atoms with Gasteiger partial charge in [-0.3, -0.25) is 0 Å². The van der Waals surface area contributed by atoms with Crippen molar-refractivity contribution in [3.05, 3.63) is 332 Å². The normalized spacial score (nSPS) is 12.3. The second kappa shape index (κ2) is 18.8. The summed E-state index contributed by atoms with van der Waals surface area (Å²) >= 11 is 0. The van der Waals surface area contributed by atoms with E-state index in [2.05, 4.69) is 324 Å². The van der Waals surface area contributed by atoms with Gasteiger partial charge in [-0.1, -0.05) is 231 Å². The lowest BCUT2D eigenvalue weighted by Crippen LogP contribution is -2.28. The number of rotatable bonds is 11. The fourth-order valence-electron chi connectivity index (χ4n) is 12.2. The molecule has 14 rings (SSSR count). The maximum atomic E-state index is 2.53. The number of anilines is 6. The highest BCUT2D eigenvalue weighted by molar-refractivity contribution is 6.18. The third kappa shape index (κ3) is 7.35. The van der Waals surface area contributed by atoms with Crippen molar-refractivity contribution in [3.63, 3.8) is 0 Å². The predicted molar refractivity (Wildman–Crippen MR) is 318 cm³/mol. The number of para-hydroxylation sites is 4. The van der Waals surface area contributed by atoms with Crippen molar-refractivity contribution in [2.24, 2.45) is 0 Å². The molecule has 0 bridgehead atoms. The summed E-state index contributed by atoms with van der Waals surface area (Å²) < 4.78 is 2.45. The fraction of sp³-hybridized carbons (Fsp3) is 0.0137. The van der Waals surface area contributed by atoms with Crippen molar-refractivity contribution >= 4 is 55.9 Å². The molecule has 3 nitrogen and oxygen atoms in total. The number of aromatic nitrogens is 1. The first-order chi connectivity index (χ1) is 37.7. The van der Waals surface area contributed by atoms with Crippen LogP contribution >= 0.6 is 0 Å². The molecule has 0 amide bonds. The number of hydrogen-bond acceptors (Lipinski definition) is 2. The zero-order valence-electron chi connectivity index (χ0n) is 41.8. The fourth-order valence-corrected chi connectivity index (χ4v) is 12.2. The van der Waals surface area contributed by atoms with Crippen LogP contribution in [0.2, 0.25) is 0 Å². The van der Waals surface area contributed by atoms with E-state index < -0.39 is 5.41 Å². The number of nitrogens with zero attached hydrogens (tertiary/aromatic N) is 3. The van der Waals surface area contributed by atoms with Gasteiger partial charge in [-0.2, -0.15) is 0 Å². The Morgan fingerprint density at radius 2 is 0.789 bits per heavy atom. The summed E-state index contributed by atoms with van der Waals surface area (Å²) in [6.45, 7) is 0. The van der Waals surface area contributed by atoms with Gasteiger partial charge >= 0.3 is 0 Å². The molecule has 1 heterocycles. The molecule has 1 aromatic heterocycles. The van der Waals surface area contributed by atoms with Gasteiger partial charge in [-0.15, -0.1) is 0 Å². The Kier molecular flexibility index (Phi) is 11.1. The summed E-state index contributed by atoms with van der Waals surface area (Å²) in [5.41, 5.74) is 21.1. The van der Waals surface area contributed by atoms with Crippen LogP contribution in [0.25, 0.3) is 60.9 Å². The maximum absolute atomic E-state index is 2.53. The Morgan fingerprint density at radius 3 is 1.43 bits per heavy atom. The molecule has 13 aromatic rings. The van der Waals surface area contributed by atoms with Gasteiger partial charge in [-0.05, 0) is 129 Å². The van der Waals surface area contributed by atoms with Crippen molar-refractivity contribution in [1.29, 1.82) is 0 Å². The topological polar surface area (TPSA) is 11.4 Å². The smallest absolute Gasteiger partial charge is 0.0714 e. The lowest BCUT2D eigenvalue weighted by Gasteiger charge is -2.35. The van der Waals surface area contributed by atoms with Gasteiger partial charge in [0.15, 0.2) is 0 Å². The van der Waals surface area contributed by atoms with Crippen LogP contribution in [0.15, 0.2) is 309 Å². The quantitative estimate of drug-likeness (QED) is 0.128. The van der Waals surface area contributed by atoms with E-state index in [9.17, 15) is 0 Å². The van der Waals surface area contributed by atoms with Gasteiger partial charge in [0.05, 0.1) is 33.5 Å². The molecule has 0 N–H and O–H groups in total. The average molecular weight is 970 g/mol. The first-order valence-corrected chi connectivity index (χ1v) is 26.2. The lowest BCUT2D eigenvalue weighted by molar-refractivity contribution is 0.768. The summed E-state index contributed by atoms with van der Waals surface area (Å²) in [6, 6.07) is 113. The van der Waals surface area contributed by atoms with E-state index in [4.69, 9.17) is 0 Å². The van der Waals surface area contributed by atoms with Gasteiger partial charge in [0.2, 0.25) is 0 Å². The van der Waals surface area contributed by atoms with Crippen molar-refractivity contribution in [2.75, 3.05) is 9.80 Å². The summed E-state index contributed by atoms with van der Waals surface area (Å²) in [4.78, 5) is 4.97. The number of benzene rings is 12. The van der Waals surface area contributed by atoms with Gasteiger partial charge in [0.25, 0.3) is 0 Å². The van der Waals surface area contributed by atoms with E-state index in [1.165, 1.54) is 44.3 Å². The second-order valence-electron chi connectivity index (χ2n) is 19.6. The minimum absolute atomic E-state index is 0.609. The molecule has 0 radical (unpaired) electrons. The van der Waals surface area contributed by atoms with Gasteiger partial charge in [0.1, 0.15) is 0 Å². The third-order valence-electron chi connectivity index (χ3n) is 15.4. The van der Waals surface area contributed by atoms with Crippen LogP contribution in [0, 0.1) is 0 Å². The van der Waals surface area contributed by atoms with E-state index in [1.54, 1.807) is 0 Å². The van der Waals surface area contributed by atoms with E-state index in [0.29, 0.717) is 0 Å². The minimum atomic E-state index is -0.609. The standard InChI is InChI=1S/C73H51N3/c1-8-26-52(27-9-1)54-44-47-69(65(48-54)53-28-10-2-11-29-53)75(60-45-46-63-62-40-22-24-42-66(62)73(67(63)49-60,55-30-12-3-13-31-55)56-32-14-4-15-33-56)61-50-70(74(57-34-16-5-17-35-57)58-36-18-6-19-37-58)72-64-41-23-25-43-68(64)76(71(72)51-61)59-38-20-7-21-39-59/h1-51H. The Morgan fingerprint density at radius 1 is 0.276 bits per heavy atom. The van der Waals surface area contributed by atoms with E-state index in [0.717, 1.165) is 72.9 Å². The first-order valence-electron chi connectivity index (χ1n) is 26.2. The Balaban J connectivity index is 1.14. The zero-order chi connectivity index (χ0) is 50.4. The summed E-state index contributed by atoms with van der Waals surface area (Å²) in [6.07, 6.45) is 0. The molecule has 0 aliphatic heterocycles. The van der Waals surface area contributed by atoms with Crippen LogP contribution in [0.1, 0.15) is 22.3 Å². The summed E-state index contributed by atoms with van der Waals surface area (Å²) in [5.74, 6) is 0. The van der Waals surface area contributed by atoms with Gasteiger partial charge in [0, 0.05) is 39.1 Å². The van der Waals surface area contributed by atoms with Crippen molar-refractivity contribution in [2.45, 2.75) is 5.41 Å². The molecule has 0 saturated heterocycles. The minimum Gasteiger partial charge on any atom is -0.310 e. The van der Waals surface area contributed by atoms with Crippen LogP contribution in [0.3, 0.4) is 0 Å². The van der Waals surface area contributed by atoms with Crippen LogP contribution < -0.4 is 9.80 Å². The van der Waals surface area contributed by atoms with Crippen LogP contribution in [-0.4, -0.2) is 4.57 Å². The first kappa shape index (κ1) is 44.7. The van der Waals surface area contributed by atoms with E-state index in [1.807, 2.05) is 0 Å². The SMILES string of the molecule is c1ccc(-c2ccc(N(c3ccc4c(c3)C(c3ccccc3)(c3ccccc3)c3ccccc3-4)c3cc(N(c4ccccc4)c4ccccc4)c4c5ccccc5n(-c5ccccc5)c4c3)c(-c3ccccc3)c2)cc1. The molecule has 0 saturated carbocycles. The summed E-state index contributed by atoms with van der Waals surface area (Å²) in [7, 11) is 0. The predicted octanol–water partition coefficient (Wildman–Crippen LogP) is 19.4. The van der Waals surface area contributed by atoms with Crippen molar-refractivity contribution in [1.82, 2.24) is 4.57 Å². The monoisotopic (exact) mass is 969 g/mol. The Hall–Kier alpha value is -9.96. The molecule has 0 fully saturated rings. The number of fused-ring (bicyclic) bond motifs is 6. The van der Waals surface area contributed by atoms with Crippen LogP contribution in [0.4, 0.5) is 34.1 Å². The van der Waals surface area contributed by atoms with Crippen LogP contribution in [0.5, 0.6) is 0 Å². The molecular weight excluding hydrogens is 919 g/mol. The molecular formula is C73H51N3. The Bertz CT molecular complexity index is 4120. The zero-order valence-corrected chi connectivity index (χ0v) is 41.8. The third-order valence-corrected chi connectivity index (χ3v) is 15.4. The van der Waals surface area contributed by atoms with Crippen molar-refractivity contribution in [3.8, 4) is 39.1 Å². The molecule has 3 heteroatoms. The van der Waals surface area contributed by atoms with Crippen LogP contribution in [-0.2, 0) is 5.41 Å².